The number of nitrogens with two attached hydrogens (primary N) is 1. The van der Waals surface area contributed by atoms with Crippen LogP contribution >= 0.6 is 0 Å². The number of amidine groups is 1. The van der Waals surface area contributed by atoms with E-state index in [1.165, 1.54) is 0 Å². The Bertz CT molecular complexity index is 402. The monoisotopic (exact) mass is 249 g/mol. The van der Waals surface area contributed by atoms with Crippen LogP contribution in [-0.4, -0.2) is 29.0 Å². The van der Waals surface area contributed by atoms with Crippen LogP contribution in [0.5, 0.6) is 0 Å². The second-order valence-electron chi connectivity index (χ2n) is 4.86. The van der Waals surface area contributed by atoms with Crippen molar-refractivity contribution in [3.05, 3.63) is 35.4 Å². The smallest absolute Gasteiger partial charge is 0.170 e. The molecule has 4 nitrogen and oxygen atoms in total. The van der Waals surface area contributed by atoms with Crippen LogP contribution < -0.4 is 5.73 Å². The van der Waals surface area contributed by atoms with Gasteiger partial charge in [0.25, 0.3) is 0 Å². The van der Waals surface area contributed by atoms with Gasteiger partial charge in [-0.25, -0.2) is 0 Å². The molecule has 0 unspecified atom stereocenters. The maximum Gasteiger partial charge on any atom is 0.170 e. The van der Waals surface area contributed by atoms with Gasteiger partial charge in [-0.1, -0.05) is 50.2 Å². The molecule has 0 spiro atoms. The fourth-order valence-corrected chi connectivity index (χ4v) is 2.02. The van der Waals surface area contributed by atoms with E-state index in [4.69, 9.17) is 10.9 Å². The number of oxime groups is 1. The van der Waals surface area contributed by atoms with Gasteiger partial charge < -0.3 is 10.9 Å². The Hall–Kier alpha value is -1.55. The molecule has 0 amide bonds. The standard InChI is InChI=1S/C14H23N3O/c1-4-17(9-11(2)3)10-12-7-5-6-8-13(12)14(15)16-18/h5-8,11,18H,4,9-10H2,1-3H3,(H2,15,16). The number of nitrogens with zero attached hydrogens (tertiary/aromatic N) is 2. The molecular formula is C14H23N3O. The minimum atomic E-state index is 0.172. The highest BCUT2D eigenvalue weighted by molar-refractivity contribution is 5.98. The molecule has 0 bridgehead atoms. The second-order valence-corrected chi connectivity index (χ2v) is 4.86. The molecule has 0 radical (unpaired) electrons. The van der Waals surface area contributed by atoms with E-state index < -0.39 is 0 Å². The van der Waals surface area contributed by atoms with Gasteiger partial charge in [-0.3, -0.25) is 4.90 Å². The highest BCUT2D eigenvalue weighted by atomic mass is 16.4. The lowest BCUT2D eigenvalue weighted by Crippen LogP contribution is -2.28. The average molecular weight is 249 g/mol. The molecule has 100 valence electrons. The van der Waals surface area contributed by atoms with Crippen molar-refractivity contribution in [2.75, 3.05) is 13.1 Å². The highest BCUT2D eigenvalue weighted by Gasteiger charge is 2.11. The third-order valence-electron chi connectivity index (χ3n) is 2.87. The zero-order chi connectivity index (χ0) is 13.5. The van der Waals surface area contributed by atoms with Crippen LogP contribution in [0.3, 0.4) is 0 Å². The van der Waals surface area contributed by atoms with Crippen LogP contribution in [-0.2, 0) is 6.54 Å². The largest absolute Gasteiger partial charge is 0.409 e. The maximum atomic E-state index is 8.80. The van der Waals surface area contributed by atoms with Crippen molar-refractivity contribution in [1.29, 1.82) is 0 Å². The summed E-state index contributed by atoms with van der Waals surface area (Å²) < 4.78 is 0. The SMILES string of the molecule is CCN(Cc1ccccc1/C(N)=N/O)CC(C)C. The number of hydrogen-bond donors (Lipinski definition) is 2. The summed E-state index contributed by atoms with van der Waals surface area (Å²) >= 11 is 0. The Balaban J connectivity index is 2.89. The van der Waals surface area contributed by atoms with E-state index in [2.05, 4.69) is 30.8 Å². The predicted molar refractivity (Wildman–Crippen MR) is 74.7 cm³/mol. The molecule has 0 saturated carbocycles. The van der Waals surface area contributed by atoms with E-state index in [0.717, 1.165) is 30.8 Å². The predicted octanol–water partition coefficient (Wildman–Crippen LogP) is 2.26. The van der Waals surface area contributed by atoms with Crippen LogP contribution in [0.25, 0.3) is 0 Å². The normalized spacial score (nSPS) is 12.4. The van der Waals surface area contributed by atoms with Gasteiger partial charge in [-0.05, 0) is 18.0 Å². The van der Waals surface area contributed by atoms with Crippen LogP contribution in [0.1, 0.15) is 31.9 Å². The summed E-state index contributed by atoms with van der Waals surface area (Å²) in [5.41, 5.74) is 7.60. The van der Waals surface area contributed by atoms with Crippen LogP contribution in [0.4, 0.5) is 0 Å². The van der Waals surface area contributed by atoms with Crippen molar-refractivity contribution in [2.24, 2.45) is 16.8 Å². The van der Waals surface area contributed by atoms with Crippen LogP contribution in [0.2, 0.25) is 0 Å². The van der Waals surface area contributed by atoms with E-state index in [0.29, 0.717) is 5.92 Å². The van der Waals surface area contributed by atoms with E-state index in [1.807, 2.05) is 24.3 Å². The molecule has 0 saturated heterocycles. The molecular weight excluding hydrogens is 226 g/mol. The van der Waals surface area contributed by atoms with Crippen molar-refractivity contribution in [1.82, 2.24) is 4.90 Å². The number of rotatable bonds is 6. The fourth-order valence-electron chi connectivity index (χ4n) is 2.02. The lowest BCUT2D eigenvalue weighted by molar-refractivity contribution is 0.248. The lowest BCUT2D eigenvalue weighted by atomic mass is 10.1. The van der Waals surface area contributed by atoms with Crippen molar-refractivity contribution in [2.45, 2.75) is 27.3 Å². The Morgan fingerprint density at radius 3 is 2.61 bits per heavy atom. The number of hydrogen-bond acceptors (Lipinski definition) is 3. The first-order chi connectivity index (χ1) is 8.58. The van der Waals surface area contributed by atoms with Gasteiger partial charge in [0.15, 0.2) is 5.84 Å². The lowest BCUT2D eigenvalue weighted by Gasteiger charge is -2.23. The van der Waals surface area contributed by atoms with Gasteiger partial charge in [-0.15, -0.1) is 0 Å². The summed E-state index contributed by atoms with van der Waals surface area (Å²) in [6.45, 7) is 9.41. The zero-order valence-corrected chi connectivity index (χ0v) is 11.4. The van der Waals surface area contributed by atoms with E-state index in [-0.39, 0.29) is 5.84 Å². The number of benzene rings is 1. The topological polar surface area (TPSA) is 61.8 Å². The minimum Gasteiger partial charge on any atom is -0.409 e. The third-order valence-corrected chi connectivity index (χ3v) is 2.87. The molecule has 1 aromatic rings. The Morgan fingerprint density at radius 1 is 1.39 bits per heavy atom. The summed E-state index contributed by atoms with van der Waals surface area (Å²) in [5, 5.41) is 11.9. The van der Waals surface area contributed by atoms with Gasteiger partial charge in [0.2, 0.25) is 0 Å². The van der Waals surface area contributed by atoms with E-state index >= 15 is 0 Å². The van der Waals surface area contributed by atoms with Gasteiger partial charge >= 0.3 is 0 Å². The summed E-state index contributed by atoms with van der Waals surface area (Å²) in [4.78, 5) is 2.36. The summed E-state index contributed by atoms with van der Waals surface area (Å²) in [7, 11) is 0. The molecule has 0 aliphatic heterocycles. The Morgan fingerprint density at radius 2 is 2.06 bits per heavy atom. The fraction of sp³-hybridized carbons (Fsp3) is 0.500. The molecule has 0 heterocycles. The Kier molecular flexibility index (Phi) is 5.65. The van der Waals surface area contributed by atoms with Gasteiger partial charge in [-0.2, -0.15) is 0 Å². The second kappa shape index (κ2) is 7.01. The van der Waals surface area contributed by atoms with Crippen molar-refractivity contribution in [3.8, 4) is 0 Å². The average Bonchev–Trinajstić information content (AvgIpc) is 2.37. The minimum absolute atomic E-state index is 0.172. The van der Waals surface area contributed by atoms with Crippen molar-refractivity contribution >= 4 is 5.84 Å². The summed E-state index contributed by atoms with van der Waals surface area (Å²) in [6.07, 6.45) is 0. The van der Waals surface area contributed by atoms with Gasteiger partial charge in [0.05, 0.1) is 0 Å². The van der Waals surface area contributed by atoms with Crippen molar-refractivity contribution < 1.29 is 5.21 Å². The van der Waals surface area contributed by atoms with Crippen LogP contribution in [0, 0.1) is 5.92 Å². The Labute approximate surface area is 109 Å². The summed E-state index contributed by atoms with van der Waals surface area (Å²) in [5.74, 6) is 0.798. The quantitative estimate of drug-likeness (QED) is 0.352. The molecule has 3 N–H and O–H groups in total. The molecule has 0 aliphatic rings. The van der Waals surface area contributed by atoms with Crippen LogP contribution in [0.15, 0.2) is 29.4 Å². The molecule has 18 heavy (non-hydrogen) atoms. The van der Waals surface area contributed by atoms with Gasteiger partial charge in [0, 0.05) is 18.7 Å². The maximum absolute atomic E-state index is 8.80. The molecule has 1 rings (SSSR count). The first kappa shape index (κ1) is 14.5. The van der Waals surface area contributed by atoms with E-state index in [9.17, 15) is 0 Å². The first-order valence-electron chi connectivity index (χ1n) is 6.36. The van der Waals surface area contributed by atoms with Gasteiger partial charge in [0.1, 0.15) is 0 Å². The molecule has 0 atom stereocenters. The molecule has 0 fully saturated rings. The molecule has 1 aromatic carbocycles. The zero-order valence-electron chi connectivity index (χ0n) is 11.4. The molecule has 4 heteroatoms. The highest BCUT2D eigenvalue weighted by Crippen LogP contribution is 2.12. The van der Waals surface area contributed by atoms with E-state index in [1.54, 1.807) is 0 Å². The van der Waals surface area contributed by atoms with Crippen molar-refractivity contribution in [3.63, 3.8) is 0 Å². The summed E-state index contributed by atoms with van der Waals surface area (Å²) in [6, 6.07) is 7.78. The molecule has 0 aromatic heterocycles. The third kappa shape index (κ3) is 4.04. The first-order valence-corrected chi connectivity index (χ1v) is 6.36. The molecule has 0 aliphatic carbocycles.